The Morgan fingerprint density at radius 3 is 2.00 bits per heavy atom. The van der Waals surface area contributed by atoms with Crippen LogP contribution in [0.2, 0.25) is 0 Å². The fourth-order valence-corrected chi connectivity index (χ4v) is 1.44. The molecule has 4 heteroatoms. The van der Waals surface area contributed by atoms with Crippen molar-refractivity contribution in [2.45, 2.75) is 49.4 Å². The lowest BCUT2D eigenvalue weighted by atomic mass is 10.1. The largest absolute Gasteiger partial charge is 0.393 e. The zero-order valence-corrected chi connectivity index (χ0v) is 9.14. The second-order valence-corrected chi connectivity index (χ2v) is 4.66. The summed E-state index contributed by atoms with van der Waals surface area (Å²) in [6.45, 7) is 1.93. The Labute approximate surface area is 85.2 Å². The Bertz CT molecular complexity index is 109. The van der Waals surface area contributed by atoms with E-state index in [0.717, 1.165) is 6.42 Å². The number of hydrogen-bond acceptors (Lipinski definition) is 4. The van der Waals surface area contributed by atoms with Crippen LogP contribution in [0.15, 0.2) is 0 Å². The first kappa shape index (κ1) is 12.6. The molecule has 0 radical (unpaired) electrons. The van der Waals surface area contributed by atoms with E-state index in [1.807, 2.05) is 6.92 Å². The number of thiol groups is 2. The van der Waals surface area contributed by atoms with Crippen molar-refractivity contribution in [3.8, 4) is 0 Å². The maximum absolute atomic E-state index is 9.36. The minimum Gasteiger partial charge on any atom is -0.393 e. The van der Waals surface area contributed by atoms with Gasteiger partial charge in [-0.15, -0.1) is 0 Å². The summed E-state index contributed by atoms with van der Waals surface area (Å²) >= 11 is 8.09. The molecular formula is C8H18O2S2. The summed E-state index contributed by atoms with van der Waals surface area (Å²) in [7, 11) is 0. The van der Waals surface area contributed by atoms with Crippen molar-refractivity contribution in [2.75, 3.05) is 0 Å². The van der Waals surface area contributed by atoms with E-state index in [0.29, 0.717) is 19.3 Å². The van der Waals surface area contributed by atoms with Crippen molar-refractivity contribution in [1.29, 1.82) is 0 Å². The molecule has 2 N–H and O–H groups in total. The van der Waals surface area contributed by atoms with Crippen molar-refractivity contribution >= 4 is 25.3 Å². The van der Waals surface area contributed by atoms with Crippen molar-refractivity contribution in [3.63, 3.8) is 0 Å². The summed E-state index contributed by atoms with van der Waals surface area (Å²) in [5, 5.41) is 18.5. The highest BCUT2D eigenvalue weighted by Gasteiger charge is 2.09. The van der Waals surface area contributed by atoms with Crippen LogP contribution in [0.5, 0.6) is 0 Å². The van der Waals surface area contributed by atoms with Gasteiger partial charge in [0.05, 0.1) is 12.2 Å². The fourth-order valence-electron chi connectivity index (χ4n) is 0.950. The van der Waals surface area contributed by atoms with Gasteiger partial charge in [-0.3, -0.25) is 0 Å². The molecule has 0 rings (SSSR count). The fraction of sp³-hybridized carbons (Fsp3) is 1.00. The summed E-state index contributed by atoms with van der Waals surface area (Å²) in [5.41, 5.74) is 0. The van der Waals surface area contributed by atoms with Gasteiger partial charge in [0.15, 0.2) is 0 Å². The van der Waals surface area contributed by atoms with E-state index in [1.165, 1.54) is 0 Å². The molecular weight excluding hydrogens is 192 g/mol. The first-order valence-electron chi connectivity index (χ1n) is 4.28. The number of rotatable bonds is 6. The maximum Gasteiger partial charge on any atom is 0.0559 e. The van der Waals surface area contributed by atoms with Crippen LogP contribution in [0.3, 0.4) is 0 Å². The zero-order valence-electron chi connectivity index (χ0n) is 7.35. The molecule has 0 saturated carbocycles. The van der Waals surface area contributed by atoms with Gasteiger partial charge >= 0.3 is 0 Å². The van der Waals surface area contributed by atoms with Crippen LogP contribution in [0.1, 0.15) is 32.6 Å². The molecule has 2 nitrogen and oxygen atoms in total. The average molecular weight is 210 g/mol. The molecule has 0 aliphatic carbocycles. The van der Waals surface area contributed by atoms with Gasteiger partial charge < -0.3 is 10.2 Å². The Balaban J connectivity index is 3.36. The summed E-state index contributed by atoms with van der Waals surface area (Å²) in [4.78, 5) is 0. The minimum atomic E-state index is -0.383. The third-order valence-electron chi connectivity index (χ3n) is 1.79. The summed E-state index contributed by atoms with van der Waals surface area (Å²) in [6, 6.07) is 0. The van der Waals surface area contributed by atoms with Gasteiger partial charge in [0.1, 0.15) is 0 Å². The molecule has 0 aromatic rings. The normalized spacial score (nSPS) is 16.5. The molecule has 0 aromatic carbocycles. The van der Waals surface area contributed by atoms with E-state index in [4.69, 9.17) is 0 Å². The molecule has 0 aliphatic rings. The van der Waals surface area contributed by atoms with Gasteiger partial charge in [-0.05, 0) is 25.7 Å². The molecule has 0 spiro atoms. The monoisotopic (exact) mass is 210 g/mol. The van der Waals surface area contributed by atoms with E-state index >= 15 is 0 Å². The molecule has 0 aromatic heterocycles. The van der Waals surface area contributed by atoms with Gasteiger partial charge in [-0.2, -0.15) is 25.3 Å². The second-order valence-electron chi connectivity index (χ2n) is 3.01. The van der Waals surface area contributed by atoms with E-state index in [-0.39, 0.29) is 16.8 Å². The van der Waals surface area contributed by atoms with Gasteiger partial charge in [-0.1, -0.05) is 6.92 Å². The predicted molar refractivity (Wildman–Crippen MR) is 57.9 cm³/mol. The standard InChI is InChI=1S/C8H18O2S2/c1-2-6(9)3-4-7(10)5-8(11)12/h6-12H,2-5H2,1H3. The Morgan fingerprint density at radius 1 is 1.08 bits per heavy atom. The van der Waals surface area contributed by atoms with Crippen LogP contribution in [0.4, 0.5) is 0 Å². The summed E-state index contributed by atoms with van der Waals surface area (Å²) in [6.07, 6.45) is 1.95. The average Bonchev–Trinajstić information content (AvgIpc) is 1.99. The van der Waals surface area contributed by atoms with Gasteiger partial charge in [0.25, 0.3) is 0 Å². The lowest BCUT2D eigenvalue weighted by molar-refractivity contribution is 0.109. The van der Waals surface area contributed by atoms with Crippen LogP contribution in [0.25, 0.3) is 0 Å². The molecule has 0 fully saturated rings. The molecule has 0 amide bonds. The van der Waals surface area contributed by atoms with Crippen LogP contribution >= 0.6 is 25.3 Å². The molecule has 2 atom stereocenters. The lowest BCUT2D eigenvalue weighted by Gasteiger charge is -2.13. The lowest BCUT2D eigenvalue weighted by Crippen LogP contribution is -2.14. The third-order valence-corrected chi connectivity index (χ3v) is 2.21. The molecule has 0 saturated heterocycles. The molecule has 0 aliphatic heterocycles. The molecule has 74 valence electrons. The highest BCUT2D eigenvalue weighted by Crippen LogP contribution is 2.13. The number of hydrogen-bond donors (Lipinski definition) is 4. The molecule has 12 heavy (non-hydrogen) atoms. The summed E-state index contributed by atoms with van der Waals surface area (Å²) in [5.74, 6) is 0. The minimum absolute atomic E-state index is 0.0706. The first-order valence-corrected chi connectivity index (χ1v) is 5.31. The smallest absolute Gasteiger partial charge is 0.0559 e. The number of aliphatic hydroxyl groups excluding tert-OH is 2. The van der Waals surface area contributed by atoms with Crippen LogP contribution in [-0.2, 0) is 0 Å². The summed E-state index contributed by atoms with van der Waals surface area (Å²) < 4.78 is -0.0706. The van der Waals surface area contributed by atoms with Gasteiger partial charge in [-0.25, -0.2) is 0 Å². The molecule has 0 bridgehead atoms. The topological polar surface area (TPSA) is 40.5 Å². The van der Waals surface area contributed by atoms with Crippen molar-refractivity contribution in [3.05, 3.63) is 0 Å². The van der Waals surface area contributed by atoms with E-state index < -0.39 is 0 Å². The Hall–Kier alpha value is 0.620. The first-order chi connectivity index (χ1) is 5.56. The Morgan fingerprint density at radius 2 is 1.58 bits per heavy atom. The highest BCUT2D eigenvalue weighted by atomic mass is 32.2. The predicted octanol–water partition coefficient (Wildman–Crippen LogP) is 1.47. The highest BCUT2D eigenvalue weighted by molar-refractivity contribution is 7.99. The molecule has 0 heterocycles. The maximum atomic E-state index is 9.36. The molecule has 2 unspecified atom stereocenters. The van der Waals surface area contributed by atoms with E-state index in [1.54, 1.807) is 0 Å². The van der Waals surface area contributed by atoms with Crippen molar-refractivity contribution < 1.29 is 10.2 Å². The zero-order chi connectivity index (χ0) is 9.56. The van der Waals surface area contributed by atoms with Crippen LogP contribution in [0, 0.1) is 0 Å². The SMILES string of the molecule is CCC(O)CCC(O)CC(S)S. The van der Waals surface area contributed by atoms with Crippen molar-refractivity contribution in [1.82, 2.24) is 0 Å². The number of aliphatic hydroxyl groups is 2. The quantitative estimate of drug-likeness (QED) is 0.396. The second kappa shape index (κ2) is 7.06. The van der Waals surface area contributed by atoms with Crippen LogP contribution < -0.4 is 0 Å². The Kier molecular flexibility index (Phi) is 7.43. The van der Waals surface area contributed by atoms with Gasteiger partial charge in [0, 0.05) is 4.58 Å². The van der Waals surface area contributed by atoms with Crippen LogP contribution in [-0.4, -0.2) is 27.0 Å². The van der Waals surface area contributed by atoms with E-state index in [9.17, 15) is 10.2 Å². The third kappa shape index (κ3) is 7.28. The van der Waals surface area contributed by atoms with E-state index in [2.05, 4.69) is 25.3 Å². The van der Waals surface area contributed by atoms with Gasteiger partial charge in [0.2, 0.25) is 0 Å². The van der Waals surface area contributed by atoms with Crippen molar-refractivity contribution in [2.24, 2.45) is 0 Å².